The summed E-state index contributed by atoms with van der Waals surface area (Å²) in [5.41, 5.74) is -0.0989. The summed E-state index contributed by atoms with van der Waals surface area (Å²) in [4.78, 5) is 14.4. The highest BCUT2D eigenvalue weighted by Gasteiger charge is 2.44. The van der Waals surface area contributed by atoms with Gasteiger partial charge >= 0.3 is 0 Å². The largest absolute Gasteiger partial charge is 0.340 e. The van der Waals surface area contributed by atoms with E-state index in [1.165, 1.54) is 0 Å². The fourth-order valence-electron chi connectivity index (χ4n) is 3.96. The second-order valence-corrected chi connectivity index (χ2v) is 9.31. The molecule has 0 aliphatic carbocycles. The number of rotatable bonds is 3. The molecule has 0 unspecified atom stereocenters. The van der Waals surface area contributed by atoms with Crippen LogP contribution in [-0.4, -0.2) is 49.2 Å². The first-order valence-corrected chi connectivity index (χ1v) is 10.1. The van der Waals surface area contributed by atoms with Crippen LogP contribution >= 0.6 is 0 Å². The van der Waals surface area contributed by atoms with Crippen LogP contribution in [0.2, 0.25) is 0 Å². The second kappa shape index (κ2) is 6.48. The van der Waals surface area contributed by atoms with E-state index in [0.29, 0.717) is 31.0 Å². The lowest BCUT2D eigenvalue weighted by molar-refractivity contribution is -0.140. The van der Waals surface area contributed by atoms with E-state index in [4.69, 9.17) is 0 Å². The lowest BCUT2D eigenvalue weighted by Crippen LogP contribution is -2.56. The van der Waals surface area contributed by atoms with E-state index >= 15 is 0 Å². The first-order valence-electron chi connectivity index (χ1n) is 8.69. The minimum Gasteiger partial charge on any atom is -0.340 e. The molecule has 0 N–H and O–H groups in total. The smallest absolute Gasteiger partial charge is 0.243 e. The highest BCUT2D eigenvalue weighted by atomic mass is 32.2. The van der Waals surface area contributed by atoms with Crippen molar-refractivity contribution in [1.82, 2.24) is 9.21 Å². The molecule has 2 heterocycles. The summed E-state index contributed by atoms with van der Waals surface area (Å²) in [6.45, 7) is 5.80. The normalized spacial score (nSPS) is 26.3. The molecule has 1 amide bonds. The van der Waals surface area contributed by atoms with Crippen LogP contribution in [0.25, 0.3) is 0 Å². The topological polar surface area (TPSA) is 57.7 Å². The van der Waals surface area contributed by atoms with E-state index in [2.05, 4.69) is 0 Å². The van der Waals surface area contributed by atoms with E-state index in [-0.39, 0.29) is 17.4 Å². The molecule has 0 saturated carbocycles. The zero-order valence-corrected chi connectivity index (χ0v) is 15.3. The first-order chi connectivity index (χ1) is 11.3. The number of benzene rings is 1. The predicted octanol–water partition coefficient (Wildman–Crippen LogP) is 2.49. The maximum atomic E-state index is 12.9. The van der Waals surface area contributed by atoms with E-state index in [0.717, 1.165) is 19.3 Å². The summed E-state index contributed by atoms with van der Waals surface area (Å²) in [7, 11) is -3.46. The molecule has 2 saturated heterocycles. The van der Waals surface area contributed by atoms with Gasteiger partial charge in [0.1, 0.15) is 0 Å². The second-order valence-electron chi connectivity index (χ2n) is 7.37. The van der Waals surface area contributed by atoms with E-state index in [1.807, 2.05) is 24.8 Å². The minimum absolute atomic E-state index is 0.0989. The minimum atomic E-state index is -3.46. The Morgan fingerprint density at radius 1 is 1.08 bits per heavy atom. The maximum absolute atomic E-state index is 12.9. The molecule has 0 aromatic heterocycles. The van der Waals surface area contributed by atoms with Crippen LogP contribution in [0.5, 0.6) is 0 Å². The van der Waals surface area contributed by atoms with E-state index in [1.54, 1.807) is 28.6 Å². The molecule has 3 rings (SSSR count). The Hall–Kier alpha value is -1.40. The summed E-state index contributed by atoms with van der Waals surface area (Å²) in [5, 5.41) is 0. The Labute approximate surface area is 144 Å². The van der Waals surface area contributed by atoms with Gasteiger partial charge in [-0.1, -0.05) is 18.2 Å². The van der Waals surface area contributed by atoms with Gasteiger partial charge in [0, 0.05) is 37.5 Å². The molecule has 5 nitrogen and oxygen atoms in total. The predicted molar refractivity (Wildman–Crippen MR) is 93.0 cm³/mol. The third-order valence-electron chi connectivity index (χ3n) is 5.33. The number of carbonyl (C=O) groups excluding carboxylic acids is 1. The molecule has 2 aliphatic heterocycles. The van der Waals surface area contributed by atoms with Crippen molar-refractivity contribution in [2.75, 3.05) is 19.6 Å². The van der Waals surface area contributed by atoms with Crippen molar-refractivity contribution in [3.05, 3.63) is 30.3 Å². The molecular formula is C18H26N2O3S. The molecule has 1 atom stereocenters. The van der Waals surface area contributed by atoms with Crippen LogP contribution in [0, 0.1) is 5.41 Å². The van der Waals surface area contributed by atoms with Crippen LogP contribution < -0.4 is 0 Å². The number of sulfonamides is 1. The zero-order valence-electron chi connectivity index (χ0n) is 14.4. The lowest BCUT2D eigenvalue weighted by Gasteiger charge is -2.48. The van der Waals surface area contributed by atoms with Crippen molar-refractivity contribution in [1.29, 1.82) is 0 Å². The average molecular weight is 350 g/mol. The molecule has 1 aromatic carbocycles. The number of nitrogens with zero attached hydrogens (tertiary/aromatic N) is 2. The molecule has 1 aromatic rings. The van der Waals surface area contributed by atoms with Crippen molar-refractivity contribution < 1.29 is 13.2 Å². The summed E-state index contributed by atoms with van der Waals surface area (Å²) < 4.78 is 27.5. The maximum Gasteiger partial charge on any atom is 0.243 e. The number of hydrogen-bond acceptors (Lipinski definition) is 3. The van der Waals surface area contributed by atoms with Crippen molar-refractivity contribution in [3.63, 3.8) is 0 Å². The number of amides is 1. The quantitative estimate of drug-likeness (QED) is 0.841. The summed E-state index contributed by atoms with van der Waals surface area (Å²) in [6, 6.07) is 8.81. The van der Waals surface area contributed by atoms with Gasteiger partial charge in [-0.25, -0.2) is 8.42 Å². The summed E-state index contributed by atoms with van der Waals surface area (Å²) >= 11 is 0. The molecule has 2 fully saturated rings. The van der Waals surface area contributed by atoms with Crippen molar-refractivity contribution in [3.8, 4) is 0 Å². The fourth-order valence-corrected chi connectivity index (χ4v) is 5.57. The number of carbonyl (C=O) groups is 1. The molecule has 132 valence electrons. The molecule has 1 spiro atoms. The number of piperidine rings is 2. The third-order valence-corrected chi connectivity index (χ3v) is 7.19. The SMILES string of the molecule is CC(C)N1C[C@]2(CCCN(S(=O)(=O)c3ccccc3)C2)CCC1=O. The average Bonchev–Trinajstić information content (AvgIpc) is 2.58. The third kappa shape index (κ3) is 3.22. The molecule has 6 heteroatoms. The van der Waals surface area contributed by atoms with Crippen molar-refractivity contribution in [2.24, 2.45) is 5.41 Å². The summed E-state index contributed by atoms with van der Waals surface area (Å²) in [6.07, 6.45) is 3.16. The van der Waals surface area contributed by atoms with Gasteiger partial charge in [0.25, 0.3) is 0 Å². The van der Waals surface area contributed by atoms with Gasteiger partial charge in [-0.2, -0.15) is 4.31 Å². The number of likely N-dealkylation sites (tertiary alicyclic amines) is 1. The van der Waals surface area contributed by atoms with Crippen molar-refractivity contribution >= 4 is 15.9 Å². The molecule has 0 bridgehead atoms. The van der Waals surface area contributed by atoms with Gasteiger partial charge in [-0.15, -0.1) is 0 Å². The van der Waals surface area contributed by atoms with Gasteiger partial charge in [0.05, 0.1) is 4.90 Å². The van der Waals surface area contributed by atoms with Gasteiger partial charge in [0.2, 0.25) is 15.9 Å². The zero-order chi connectivity index (χ0) is 17.4. The standard InChI is InChI=1S/C18H26N2O3S/c1-15(2)20-14-18(11-9-17(20)21)10-6-12-19(13-18)24(22,23)16-7-4-3-5-8-16/h3-5,7-8,15H,6,9-14H2,1-2H3/t18-/m1/s1. The Kier molecular flexibility index (Phi) is 4.71. The van der Waals surface area contributed by atoms with Crippen LogP contribution in [0.1, 0.15) is 39.5 Å². The monoisotopic (exact) mass is 350 g/mol. The summed E-state index contributed by atoms with van der Waals surface area (Å²) in [5.74, 6) is 0.193. The van der Waals surface area contributed by atoms with Crippen LogP contribution in [0.3, 0.4) is 0 Å². The van der Waals surface area contributed by atoms with Crippen LogP contribution in [0.15, 0.2) is 35.2 Å². The first kappa shape index (κ1) is 17.4. The highest BCUT2D eigenvalue weighted by Crippen LogP contribution is 2.40. The van der Waals surface area contributed by atoms with Crippen LogP contribution in [-0.2, 0) is 14.8 Å². The Morgan fingerprint density at radius 2 is 1.79 bits per heavy atom. The van der Waals surface area contributed by atoms with Crippen LogP contribution in [0.4, 0.5) is 0 Å². The van der Waals surface area contributed by atoms with Gasteiger partial charge in [-0.05, 0) is 45.2 Å². The van der Waals surface area contributed by atoms with Gasteiger partial charge < -0.3 is 4.90 Å². The number of hydrogen-bond donors (Lipinski definition) is 0. The van der Waals surface area contributed by atoms with Gasteiger partial charge in [0.15, 0.2) is 0 Å². The molecule has 0 radical (unpaired) electrons. The highest BCUT2D eigenvalue weighted by molar-refractivity contribution is 7.89. The van der Waals surface area contributed by atoms with E-state index in [9.17, 15) is 13.2 Å². The molecular weight excluding hydrogens is 324 g/mol. The van der Waals surface area contributed by atoms with E-state index < -0.39 is 10.0 Å². The Morgan fingerprint density at radius 3 is 2.46 bits per heavy atom. The Bertz CT molecular complexity index is 702. The van der Waals surface area contributed by atoms with Gasteiger partial charge in [-0.3, -0.25) is 4.79 Å². The molecule has 24 heavy (non-hydrogen) atoms. The lowest BCUT2D eigenvalue weighted by atomic mass is 9.74. The fraction of sp³-hybridized carbons (Fsp3) is 0.611. The van der Waals surface area contributed by atoms with Crippen molar-refractivity contribution in [2.45, 2.75) is 50.5 Å². The molecule has 2 aliphatic rings. The Balaban J connectivity index is 1.83.